The summed E-state index contributed by atoms with van der Waals surface area (Å²) in [6.45, 7) is 4.84. The minimum absolute atomic E-state index is 0.165. The van der Waals surface area contributed by atoms with Crippen LogP contribution >= 0.6 is 0 Å². The van der Waals surface area contributed by atoms with E-state index in [4.69, 9.17) is 9.47 Å². The summed E-state index contributed by atoms with van der Waals surface area (Å²) in [6.07, 6.45) is 0.587. The Morgan fingerprint density at radius 2 is 1.75 bits per heavy atom. The predicted octanol–water partition coefficient (Wildman–Crippen LogP) is 3.04. The first-order chi connectivity index (χ1) is 15.4. The Morgan fingerprint density at radius 1 is 1.06 bits per heavy atom. The van der Waals surface area contributed by atoms with E-state index in [1.807, 2.05) is 68.4 Å². The first kappa shape index (κ1) is 23.3. The summed E-state index contributed by atoms with van der Waals surface area (Å²) in [7, 11) is 0. The fraction of sp³-hybridized carbons (Fsp3) is 0.400. The van der Waals surface area contributed by atoms with Gasteiger partial charge in [0.15, 0.2) is 6.61 Å². The number of rotatable bonds is 9. The van der Waals surface area contributed by atoms with Crippen LogP contribution in [0.1, 0.15) is 26.7 Å². The molecule has 1 heterocycles. The fourth-order valence-corrected chi connectivity index (χ4v) is 3.44. The summed E-state index contributed by atoms with van der Waals surface area (Å²) in [6, 6.07) is 16.6. The van der Waals surface area contributed by atoms with Crippen molar-refractivity contribution in [2.75, 3.05) is 26.3 Å². The topological polar surface area (TPSA) is 84.9 Å². The quantitative estimate of drug-likeness (QED) is 0.609. The molecule has 7 nitrogen and oxygen atoms in total. The number of nitrogens with zero attached hydrogens (tertiary/aromatic N) is 1. The van der Waals surface area contributed by atoms with Gasteiger partial charge in [-0.05, 0) is 35.6 Å². The number of ether oxygens (including phenoxy) is 2. The molecule has 3 rings (SSSR count). The number of hydrogen-bond donors (Lipinski definition) is 1. The highest BCUT2D eigenvalue weighted by atomic mass is 16.5. The van der Waals surface area contributed by atoms with Crippen LogP contribution in [0.25, 0.3) is 11.1 Å². The molecule has 0 bridgehead atoms. The van der Waals surface area contributed by atoms with E-state index in [2.05, 4.69) is 5.32 Å². The van der Waals surface area contributed by atoms with E-state index in [-0.39, 0.29) is 24.8 Å². The molecule has 7 heteroatoms. The van der Waals surface area contributed by atoms with Crippen molar-refractivity contribution in [2.24, 2.45) is 5.92 Å². The van der Waals surface area contributed by atoms with Crippen LogP contribution in [0.2, 0.25) is 0 Å². The number of nitrogens with one attached hydrogen (secondary N) is 1. The summed E-state index contributed by atoms with van der Waals surface area (Å²) in [5, 5.41) is 2.71. The summed E-state index contributed by atoms with van der Waals surface area (Å²) >= 11 is 0. The zero-order valence-corrected chi connectivity index (χ0v) is 18.6. The molecule has 1 unspecified atom stereocenters. The maximum atomic E-state index is 12.8. The Balaban J connectivity index is 1.55. The number of amides is 2. The maximum absolute atomic E-state index is 12.8. The monoisotopic (exact) mass is 438 g/mol. The zero-order valence-electron chi connectivity index (χ0n) is 18.6. The minimum Gasteiger partial charge on any atom is -0.484 e. The molecule has 1 fully saturated rings. The van der Waals surface area contributed by atoms with Crippen LogP contribution in [0.15, 0.2) is 54.6 Å². The second-order valence-corrected chi connectivity index (χ2v) is 8.18. The lowest BCUT2D eigenvalue weighted by Crippen LogP contribution is -2.58. The number of carbonyl (C=O) groups is 3. The molecule has 0 radical (unpaired) electrons. The fourth-order valence-electron chi connectivity index (χ4n) is 3.44. The first-order valence-electron chi connectivity index (χ1n) is 10.9. The highest BCUT2D eigenvalue weighted by Crippen LogP contribution is 2.22. The van der Waals surface area contributed by atoms with Gasteiger partial charge in [0.2, 0.25) is 5.91 Å². The van der Waals surface area contributed by atoms with Crippen LogP contribution in [0.4, 0.5) is 0 Å². The minimum atomic E-state index is -0.883. The van der Waals surface area contributed by atoms with Crippen molar-refractivity contribution >= 4 is 17.8 Å². The molecule has 2 amide bonds. The molecule has 1 aliphatic heterocycles. The molecule has 1 saturated heterocycles. The van der Waals surface area contributed by atoms with Crippen LogP contribution in [0.3, 0.4) is 0 Å². The third-order valence-corrected chi connectivity index (χ3v) is 5.29. The highest BCUT2D eigenvalue weighted by molar-refractivity contribution is 5.92. The third-order valence-electron chi connectivity index (χ3n) is 5.29. The van der Waals surface area contributed by atoms with E-state index >= 15 is 0 Å². The van der Waals surface area contributed by atoms with Crippen LogP contribution in [0, 0.1) is 5.92 Å². The van der Waals surface area contributed by atoms with Gasteiger partial charge in [0, 0.05) is 13.1 Å². The van der Waals surface area contributed by atoms with Gasteiger partial charge in [-0.2, -0.15) is 0 Å². The first-order valence-corrected chi connectivity index (χ1v) is 10.9. The van der Waals surface area contributed by atoms with Crippen LogP contribution < -0.4 is 10.1 Å². The average molecular weight is 439 g/mol. The Hall–Kier alpha value is -3.35. The number of carbonyl (C=O) groups excluding carboxylic acids is 3. The normalized spacial score (nSPS) is 15.9. The molecule has 0 aromatic heterocycles. The van der Waals surface area contributed by atoms with Gasteiger partial charge in [0.1, 0.15) is 11.8 Å². The van der Waals surface area contributed by atoms with E-state index in [0.29, 0.717) is 31.4 Å². The van der Waals surface area contributed by atoms with Gasteiger partial charge in [0.05, 0.1) is 13.0 Å². The van der Waals surface area contributed by atoms with Crippen molar-refractivity contribution in [1.82, 2.24) is 10.2 Å². The summed E-state index contributed by atoms with van der Waals surface area (Å²) in [5.41, 5.74) is 2.14. The predicted molar refractivity (Wildman–Crippen MR) is 121 cm³/mol. The number of hydrogen-bond acceptors (Lipinski definition) is 5. The van der Waals surface area contributed by atoms with Crippen LogP contribution in [-0.4, -0.2) is 55.0 Å². The smallest absolute Gasteiger partial charge is 0.308 e. The Labute approximate surface area is 188 Å². The van der Waals surface area contributed by atoms with Gasteiger partial charge in [-0.3, -0.25) is 14.4 Å². The molecule has 170 valence electrons. The van der Waals surface area contributed by atoms with E-state index < -0.39 is 12.0 Å². The summed E-state index contributed by atoms with van der Waals surface area (Å²) in [4.78, 5) is 38.7. The van der Waals surface area contributed by atoms with Gasteiger partial charge in [-0.15, -0.1) is 0 Å². The van der Waals surface area contributed by atoms with Crippen molar-refractivity contribution in [2.45, 2.75) is 32.7 Å². The molecule has 1 atom stereocenters. The molecule has 2 aromatic rings. The second-order valence-electron chi connectivity index (χ2n) is 8.18. The largest absolute Gasteiger partial charge is 0.484 e. The van der Waals surface area contributed by atoms with Crippen molar-refractivity contribution in [3.8, 4) is 16.9 Å². The number of piperazine rings is 1. The maximum Gasteiger partial charge on any atom is 0.308 e. The number of benzene rings is 2. The SMILES string of the molecule is CC(C)CCOC(=O)CC1C(=O)NCCN1C(=O)COc1ccc(-c2ccccc2)cc1. The van der Waals surface area contributed by atoms with Crippen LogP contribution in [0.5, 0.6) is 5.75 Å². The average Bonchev–Trinajstić information content (AvgIpc) is 2.79. The standard InChI is InChI=1S/C25H30N2O5/c1-18(2)12-15-31-24(29)16-22-25(30)26-13-14-27(22)23(28)17-32-21-10-8-20(9-11-21)19-6-4-3-5-7-19/h3-11,18,22H,12-17H2,1-2H3,(H,26,30). The van der Waals surface area contributed by atoms with Crippen molar-refractivity contribution in [3.05, 3.63) is 54.6 Å². The summed E-state index contributed by atoms with van der Waals surface area (Å²) < 4.78 is 10.9. The van der Waals surface area contributed by atoms with Crippen molar-refractivity contribution < 1.29 is 23.9 Å². The van der Waals surface area contributed by atoms with Crippen molar-refractivity contribution in [3.63, 3.8) is 0 Å². The Kier molecular flexibility index (Phi) is 8.25. The van der Waals surface area contributed by atoms with E-state index in [0.717, 1.165) is 17.5 Å². The molecular formula is C25H30N2O5. The van der Waals surface area contributed by atoms with Gasteiger partial charge in [0.25, 0.3) is 5.91 Å². The van der Waals surface area contributed by atoms with Gasteiger partial charge >= 0.3 is 5.97 Å². The van der Waals surface area contributed by atoms with Crippen molar-refractivity contribution in [1.29, 1.82) is 0 Å². The Bertz CT molecular complexity index is 912. The molecule has 0 aliphatic carbocycles. The molecule has 32 heavy (non-hydrogen) atoms. The lowest BCUT2D eigenvalue weighted by Gasteiger charge is -2.34. The van der Waals surface area contributed by atoms with Gasteiger partial charge in [-0.1, -0.05) is 56.3 Å². The van der Waals surface area contributed by atoms with Gasteiger partial charge in [-0.25, -0.2) is 0 Å². The second kappa shape index (κ2) is 11.3. The van der Waals surface area contributed by atoms with E-state index in [1.54, 1.807) is 0 Å². The van der Waals surface area contributed by atoms with Gasteiger partial charge < -0.3 is 19.7 Å². The highest BCUT2D eigenvalue weighted by Gasteiger charge is 2.35. The Morgan fingerprint density at radius 3 is 2.44 bits per heavy atom. The zero-order chi connectivity index (χ0) is 22.9. The summed E-state index contributed by atoms with van der Waals surface area (Å²) in [5.74, 6) is -0.200. The number of esters is 1. The lowest BCUT2D eigenvalue weighted by molar-refractivity contribution is -0.152. The van der Waals surface area contributed by atoms with E-state index in [1.165, 1.54) is 4.90 Å². The third kappa shape index (κ3) is 6.57. The molecule has 1 aliphatic rings. The molecule has 0 spiro atoms. The lowest BCUT2D eigenvalue weighted by atomic mass is 10.1. The molecular weight excluding hydrogens is 408 g/mol. The molecule has 0 saturated carbocycles. The van der Waals surface area contributed by atoms with E-state index in [9.17, 15) is 14.4 Å². The molecule has 1 N–H and O–H groups in total. The van der Waals surface area contributed by atoms with Crippen LogP contribution in [-0.2, 0) is 19.1 Å². The molecule has 2 aromatic carbocycles.